The lowest BCUT2D eigenvalue weighted by Crippen LogP contribution is -2.44. The highest BCUT2D eigenvalue weighted by Crippen LogP contribution is 2.20. The van der Waals surface area contributed by atoms with Crippen LogP contribution in [0.4, 0.5) is 17.1 Å². The maximum Gasteiger partial charge on any atom is 0.0568 e. The largest absolute Gasteiger partial charge is 0.397 e. The first-order valence-corrected chi connectivity index (χ1v) is 5.39. The van der Waals surface area contributed by atoms with Gasteiger partial charge in [0.2, 0.25) is 0 Å². The molecule has 0 fully saturated rings. The lowest BCUT2D eigenvalue weighted by molar-refractivity contribution is 0.210. The number of hydrogen-bond donors (Lipinski definition) is 3. The van der Waals surface area contributed by atoms with Crippen molar-refractivity contribution in [1.29, 1.82) is 0 Å². The Hall–Kier alpha value is -1.42. The summed E-state index contributed by atoms with van der Waals surface area (Å²) in [6, 6.07) is 5.62. The smallest absolute Gasteiger partial charge is 0.0568 e. The van der Waals surface area contributed by atoms with E-state index in [4.69, 9.17) is 11.5 Å². The molecule has 5 N–H and O–H groups in total. The fraction of sp³-hybridized carbons (Fsp3) is 0.500. The van der Waals surface area contributed by atoms with Crippen LogP contribution in [0.5, 0.6) is 0 Å². The van der Waals surface area contributed by atoms with Crippen LogP contribution in [0.25, 0.3) is 0 Å². The molecule has 90 valence electrons. The van der Waals surface area contributed by atoms with Gasteiger partial charge in [0, 0.05) is 17.8 Å². The summed E-state index contributed by atoms with van der Waals surface area (Å²) in [7, 11) is 4.14. The molecule has 1 aromatic rings. The SMILES string of the molecule is CN(C)C(C)(C)CNc1ccc(N)c(N)c1. The zero-order chi connectivity index (χ0) is 12.3. The molecule has 4 nitrogen and oxygen atoms in total. The molecule has 4 heteroatoms. The van der Waals surface area contributed by atoms with Crippen molar-refractivity contribution in [2.45, 2.75) is 19.4 Å². The number of nitrogens with zero attached hydrogens (tertiary/aromatic N) is 1. The van der Waals surface area contributed by atoms with Crippen LogP contribution in [-0.2, 0) is 0 Å². The van der Waals surface area contributed by atoms with E-state index in [0.29, 0.717) is 11.4 Å². The Bertz CT molecular complexity index is 358. The number of nitrogens with two attached hydrogens (primary N) is 2. The van der Waals surface area contributed by atoms with E-state index in [1.165, 1.54) is 0 Å². The normalized spacial score (nSPS) is 11.8. The molecule has 1 aromatic carbocycles. The third-order valence-electron chi connectivity index (χ3n) is 3.02. The van der Waals surface area contributed by atoms with Gasteiger partial charge >= 0.3 is 0 Å². The lowest BCUT2D eigenvalue weighted by Gasteiger charge is -2.33. The monoisotopic (exact) mass is 222 g/mol. The Morgan fingerprint density at radius 3 is 2.31 bits per heavy atom. The predicted molar refractivity (Wildman–Crippen MR) is 71.5 cm³/mol. The third kappa shape index (κ3) is 3.03. The molecule has 0 saturated heterocycles. The van der Waals surface area contributed by atoms with E-state index in [2.05, 4.69) is 38.2 Å². The van der Waals surface area contributed by atoms with E-state index < -0.39 is 0 Å². The molecule has 0 saturated carbocycles. The third-order valence-corrected chi connectivity index (χ3v) is 3.02. The summed E-state index contributed by atoms with van der Waals surface area (Å²) in [5.41, 5.74) is 13.7. The second-order valence-electron chi connectivity index (χ2n) is 4.90. The van der Waals surface area contributed by atoms with Gasteiger partial charge in [-0.2, -0.15) is 0 Å². The molecular weight excluding hydrogens is 200 g/mol. The average Bonchev–Trinajstić information content (AvgIpc) is 2.20. The number of nitrogen functional groups attached to an aromatic ring is 2. The van der Waals surface area contributed by atoms with Crippen LogP contribution in [0.3, 0.4) is 0 Å². The van der Waals surface area contributed by atoms with Crippen molar-refractivity contribution in [2.75, 3.05) is 37.4 Å². The maximum atomic E-state index is 5.74. The molecule has 1 rings (SSSR count). The number of nitrogens with one attached hydrogen (secondary N) is 1. The Labute approximate surface area is 97.6 Å². The van der Waals surface area contributed by atoms with Crippen molar-refractivity contribution < 1.29 is 0 Å². The molecule has 0 aliphatic carbocycles. The molecule has 16 heavy (non-hydrogen) atoms. The summed E-state index contributed by atoms with van der Waals surface area (Å²) in [5.74, 6) is 0. The summed E-state index contributed by atoms with van der Waals surface area (Å²) < 4.78 is 0. The van der Waals surface area contributed by atoms with Crippen LogP contribution in [0, 0.1) is 0 Å². The van der Waals surface area contributed by atoms with Crippen LogP contribution < -0.4 is 16.8 Å². The van der Waals surface area contributed by atoms with Gasteiger partial charge in [-0.25, -0.2) is 0 Å². The second-order valence-corrected chi connectivity index (χ2v) is 4.90. The van der Waals surface area contributed by atoms with E-state index in [0.717, 1.165) is 12.2 Å². The second kappa shape index (κ2) is 4.61. The van der Waals surface area contributed by atoms with Crippen LogP contribution in [0.15, 0.2) is 18.2 Å². The number of benzene rings is 1. The molecule has 0 aliphatic rings. The van der Waals surface area contributed by atoms with Crippen molar-refractivity contribution in [2.24, 2.45) is 0 Å². The molecule has 0 unspecified atom stereocenters. The van der Waals surface area contributed by atoms with Gasteiger partial charge in [0.05, 0.1) is 11.4 Å². The zero-order valence-electron chi connectivity index (χ0n) is 10.5. The van der Waals surface area contributed by atoms with Gasteiger partial charge in [0.15, 0.2) is 0 Å². The van der Waals surface area contributed by atoms with Crippen molar-refractivity contribution in [3.05, 3.63) is 18.2 Å². The van der Waals surface area contributed by atoms with Gasteiger partial charge in [-0.3, -0.25) is 0 Å². The number of hydrogen-bond acceptors (Lipinski definition) is 4. The topological polar surface area (TPSA) is 67.3 Å². The zero-order valence-corrected chi connectivity index (χ0v) is 10.5. The fourth-order valence-corrected chi connectivity index (χ4v) is 1.16. The van der Waals surface area contributed by atoms with Crippen LogP contribution >= 0.6 is 0 Å². The van der Waals surface area contributed by atoms with E-state index in [1.54, 1.807) is 0 Å². The van der Waals surface area contributed by atoms with Gasteiger partial charge in [-0.15, -0.1) is 0 Å². The highest BCUT2D eigenvalue weighted by atomic mass is 15.2. The van der Waals surface area contributed by atoms with Gasteiger partial charge in [-0.1, -0.05) is 0 Å². The predicted octanol–water partition coefficient (Wildman–Crippen LogP) is 1.60. The molecule has 0 heterocycles. The minimum absolute atomic E-state index is 0.0934. The van der Waals surface area contributed by atoms with Gasteiger partial charge in [-0.05, 0) is 46.1 Å². The summed E-state index contributed by atoms with van der Waals surface area (Å²) in [6.45, 7) is 5.21. The first-order chi connectivity index (χ1) is 7.33. The van der Waals surface area contributed by atoms with Gasteiger partial charge in [0.25, 0.3) is 0 Å². The quantitative estimate of drug-likeness (QED) is 0.677. The molecule has 0 aromatic heterocycles. The van der Waals surface area contributed by atoms with Gasteiger partial charge < -0.3 is 21.7 Å². The van der Waals surface area contributed by atoms with Crippen LogP contribution in [0.1, 0.15) is 13.8 Å². The Morgan fingerprint density at radius 2 is 1.81 bits per heavy atom. The van der Waals surface area contributed by atoms with E-state index in [1.807, 2.05) is 18.2 Å². The molecule has 0 radical (unpaired) electrons. The molecule has 0 atom stereocenters. The molecule has 0 amide bonds. The Balaban J connectivity index is 2.65. The highest BCUT2D eigenvalue weighted by molar-refractivity contribution is 5.69. The van der Waals surface area contributed by atoms with Crippen molar-refractivity contribution in [3.63, 3.8) is 0 Å². The number of anilines is 3. The average molecular weight is 222 g/mol. The lowest BCUT2D eigenvalue weighted by atomic mass is 10.0. The van der Waals surface area contributed by atoms with Gasteiger partial charge in [0.1, 0.15) is 0 Å². The first-order valence-electron chi connectivity index (χ1n) is 5.39. The van der Waals surface area contributed by atoms with Crippen molar-refractivity contribution in [3.8, 4) is 0 Å². The van der Waals surface area contributed by atoms with Crippen LogP contribution in [-0.4, -0.2) is 31.1 Å². The van der Waals surface area contributed by atoms with E-state index >= 15 is 0 Å². The van der Waals surface area contributed by atoms with E-state index in [9.17, 15) is 0 Å². The standard InChI is InChI=1S/C12H22N4/c1-12(2,16(3)4)8-15-9-5-6-10(13)11(14)7-9/h5-7,15H,8,13-14H2,1-4H3. The Kier molecular flexibility index (Phi) is 3.65. The first kappa shape index (κ1) is 12.6. The molecule has 0 spiro atoms. The van der Waals surface area contributed by atoms with Crippen molar-refractivity contribution in [1.82, 2.24) is 4.90 Å². The van der Waals surface area contributed by atoms with E-state index in [-0.39, 0.29) is 5.54 Å². The van der Waals surface area contributed by atoms with Crippen LogP contribution in [0.2, 0.25) is 0 Å². The minimum Gasteiger partial charge on any atom is -0.397 e. The fourth-order valence-electron chi connectivity index (χ4n) is 1.16. The summed E-state index contributed by atoms with van der Waals surface area (Å²) in [5, 5.41) is 3.36. The maximum absolute atomic E-state index is 5.74. The summed E-state index contributed by atoms with van der Waals surface area (Å²) in [6.07, 6.45) is 0. The molecular formula is C12H22N4. The molecule has 0 bridgehead atoms. The molecule has 0 aliphatic heterocycles. The Morgan fingerprint density at radius 1 is 1.19 bits per heavy atom. The summed E-state index contributed by atoms with van der Waals surface area (Å²) >= 11 is 0. The van der Waals surface area contributed by atoms with Crippen molar-refractivity contribution >= 4 is 17.1 Å². The number of rotatable bonds is 4. The number of likely N-dealkylation sites (N-methyl/N-ethyl adjacent to an activating group) is 1. The summed E-state index contributed by atoms with van der Waals surface area (Å²) in [4.78, 5) is 2.18. The minimum atomic E-state index is 0.0934. The highest BCUT2D eigenvalue weighted by Gasteiger charge is 2.19.